The van der Waals surface area contributed by atoms with Crippen molar-refractivity contribution in [1.29, 1.82) is 5.26 Å². The summed E-state index contributed by atoms with van der Waals surface area (Å²) in [6.07, 6.45) is 4.44. The highest BCUT2D eigenvalue weighted by Gasteiger charge is 2.38. The molecule has 0 radical (unpaired) electrons. The van der Waals surface area contributed by atoms with Gasteiger partial charge in [0.1, 0.15) is 11.4 Å². The highest BCUT2D eigenvalue weighted by molar-refractivity contribution is 5.94. The molecule has 0 atom stereocenters. The van der Waals surface area contributed by atoms with E-state index in [0.717, 1.165) is 19.3 Å². The fourth-order valence-electron chi connectivity index (χ4n) is 3.85. The average Bonchev–Trinajstić information content (AvgIpc) is 2.82. The Kier molecular flexibility index (Phi) is 7.24. The fraction of sp³-hybridized carbons (Fsp3) is 0.375. The maximum absolute atomic E-state index is 13.7. The number of rotatable bonds is 7. The molecule has 2 aromatic rings. The Hall–Kier alpha value is -3.40. The van der Waals surface area contributed by atoms with Crippen LogP contribution in [0.4, 0.5) is 10.1 Å². The van der Waals surface area contributed by atoms with Crippen molar-refractivity contribution < 1.29 is 14.0 Å². The molecular weight excluding hydrogens is 395 g/mol. The van der Waals surface area contributed by atoms with Crippen LogP contribution in [0.5, 0.6) is 0 Å². The lowest BCUT2D eigenvalue weighted by Crippen LogP contribution is -2.51. The lowest BCUT2D eigenvalue weighted by Gasteiger charge is -2.39. The summed E-state index contributed by atoms with van der Waals surface area (Å²) in [6.45, 7) is 0.172. The minimum absolute atomic E-state index is 0.0682. The Morgan fingerprint density at radius 3 is 2.42 bits per heavy atom. The first-order valence-corrected chi connectivity index (χ1v) is 10.5. The number of nitrogens with one attached hydrogen (secondary N) is 2. The summed E-state index contributed by atoms with van der Waals surface area (Å²) < 4.78 is 13.7. The van der Waals surface area contributed by atoms with Crippen LogP contribution in [0.1, 0.15) is 48.0 Å². The number of carbonyl (C=O) groups excluding carboxylic acids is 2. The third-order valence-corrected chi connectivity index (χ3v) is 5.89. The van der Waals surface area contributed by atoms with E-state index in [1.807, 2.05) is 0 Å². The fourth-order valence-corrected chi connectivity index (χ4v) is 3.85. The lowest BCUT2D eigenvalue weighted by molar-refractivity contribution is -0.132. The van der Waals surface area contributed by atoms with Crippen LogP contribution in [0.2, 0.25) is 0 Å². The number of amides is 2. The molecular formula is C24H27FN4O2. The van der Waals surface area contributed by atoms with Gasteiger partial charge in [0.2, 0.25) is 5.91 Å². The topological polar surface area (TPSA) is 85.2 Å². The van der Waals surface area contributed by atoms with E-state index >= 15 is 0 Å². The van der Waals surface area contributed by atoms with Crippen LogP contribution in [0.25, 0.3) is 0 Å². The first kappa shape index (κ1) is 22.3. The summed E-state index contributed by atoms with van der Waals surface area (Å²) in [7, 11) is 1.70. The monoisotopic (exact) mass is 422 g/mol. The first-order valence-electron chi connectivity index (χ1n) is 10.5. The second-order valence-electron chi connectivity index (χ2n) is 7.86. The van der Waals surface area contributed by atoms with Crippen LogP contribution in [-0.2, 0) is 11.3 Å². The SMILES string of the molecule is CN(C(=O)CNc1ccc(C(=O)NCc2ccccc2F)cc1)C1(C#N)CCCCC1. The number of anilines is 1. The van der Waals surface area contributed by atoms with E-state index in [2.05, 4.69) is 16.7 Å². The van der Waals surface area contributed by atoms with Gasteiger partial charge in [-0.1, -0.05) is 37.5 Å². The smallest absolute Gasteiger partial charge is 0.251 e. The van der Waals surface area contributed by atoms with E-state index in [1.54, 1.807) is 54.4 Å². The van der Waals surface area contributed by atoms with Crippen molar-refractivity contribution in [3.05, 3.63) is 65.5 Å². The van der Waals surface area contributed by atoms with Crippen molar-refractivity contribution in [3.8, 4) is 6.07 Å². The van der Waals surface area contributed by atoms with Crippen molar-refractivity contribution in [2.45, 2.75) is 44.2 Å². The van der Waals surface area contributed by atoms with Gasteiger partial charge >= 0.3 is 0 Å². The molecule has 1 fully saturated rings. The summed E-state index contributed by atoms with van der Waals surface area (Å²) >= 11 is 0. The van der Waals surface area contributed by atoms with Crippen LogP contribution in [0.3, 0.4) is 0 Å². The minimum Gasteiger partial charge on any atom is -0.376 e. The molecule has 2 aromatic carbocycles. The largest absolute Gasteiger partial charge is 0.376 e. The quantitative estimate of drug-likeness (QED) is 0.710. The van der Waals surface area contributed by atoms with Crippen LogP contribution >= 0.6 is 0 Å². The molecule has 0 saturated heterocycles. The van der Waals surface area contributed by atoms with Gasteiger partial charge in [0.25, 0.3) is 5.91 Å². The van der Waals surface area contributed by atoms with Crippen molar-refractivity contribution >= 4 is 17.5 Å². The zero-order valence-corrected chi connectivity index (χ0v) is 17.7. The average molecular weight is 423 g/mol. The van der Waals surface area contributed by atoms with Gasteiger partial charge in [-0.25, -0.2) is 4.39 Å². The normalized spacial score (nSPS) is 14.9. The van der Waals surface area contributed by atoms with Crippen LogP contribution in [-0.4, -0.2) is 35.8 Å². The van der Waals surface area contributed by atoms with E-state index in [9.17, 15) is 19.2 Å². The Bertz CT molecular complexity index is 962. The summed E-state index contributed by atoms with van der Waals surface area (Å²) in [4.78, 5) is 26.5. The molecule has 0 spiro atoms. The Morgan fingerprint density at radius 1 is 1.10 bits per heavy atom. The molecule has 2 N–H and O–H groups in total. The van der Waals surface area contributed by atoms with Gasteiger partial charge in [-0.2, -0.15) is 5.26 Å². The number of halogens is 1. The number of hydrogen-bond acceptors (Lipinski definition) is 4. The second-order valence-corrected chi connectivity index (χ2v) is 7.86. The third kappa shape index (κ3) is 5.40. The van der Waals surface area contributed by atoms with Gasteiger partial charge in [-0.3, -0.25) is 9.59 Å². The number of carbonyl (C=O) groups is 2. The summed E-state index contributed by atoms with van der Waals surface area (Å²) in [5.74, 6) is -0.808. The van der Waals surface area contributed by atoms with Crippen molar-refractivity contribution in [3.63, 3.8) is 0 Å². The molecule has 0 heterocycles. The highest BCUT2D eigenvalue weighted by Crippen LogP contribution is 2.32. The Balaban J connectivity index is 1.52. The molecule has 162 valence electrons. The molecule has 0 aliphatic heterocycles. The molecule has 6 nitrogen and oxygen atoms in total. The van der Waals surface area contributed by atoms with Crippen LogP contribution in [0, 0.1) is 17.1 Å². The zero-order valence-electron chi connectivity index (χ0n) is 17.7. The van der Waals surface area contributed by atoms with Crippen LogP contribution < -0.4 is 10.6 Å². The number of benzene rings is 2. The van der Waals surface area contributed by atoms with E-state index in [0.29, 0.717) is 29.7 Å². The number of likely N-dealkylation sites (N-methyl/N-ethyl adjacent to an activating group) is 1. The lowest BCUT2D eigenvalue weighted by atomic mass is 9.81. The zero-order chi connectivity index (χ0) is 22.3. The number of nitriles is 1. The molecule has 31 heavy (non-hydrogen) atoms. The van der Waals surface area contributed by atoms with Crippen molar-refractivity contribution in [1.82, 2.24) is 10.2 Å². The van der Waals surface area contributed by atoms with Crippen molar-refractivity contribution in [2.75, 3.05) is 18.9 Å². The molecule has 1 aliphatic rings. The first-order chi connectivity index (χ1) is 14.9. The Labute approximate surface area is 182 Å². The molecule has 7 heteroatoms. The molecule has 0 unspecified atom stereocenters. The number of hydrogen-bond donors (Lipinski definition) is 2. The maximum atomic E-state index is 13.7. The second kappa shape index (κ2) is 10.1. The van der Waals surface area contributed by atoms with Gasteiger partial charge in [0, 0.05) is 30.4 Å². The predicted octanol–water partition coefficient (Wildman–Crippen LogP) is 3.85. The molecule has 1 saturated carbocycles. The van der Waals surface area contributed by atoms with Gasteiger partial charge in [0.15, 0.2) is 0 Å². The van der Waals surface area contributed by atoms with E-state index < -0.39 is 5.54 Å². The van der Waals surface area contributed by atoms with E-state index in [4.69, 9.17) is 0 Å². The molecule has 3 rings (SSSR count). The van der Waals surface area contributed by atoms with Gasteiger partial charge in [-0.05, 0) is 43.2 Å². The van der Waals surface area contributed by atoms with E-state index in [1.165, 1.54) is 6.07 Å². The standard InChI is InChI=1S/C24H27FN4O2/c1-29(24(17-26)13-5-2-6-14-24)22(30)16-27-20-11-9-18(10-12-20)23(31)28-15-19-7-3-4-8-21(19)25/h3-4,7-12,27H,2,5-6,13-16H2,1H3,(H,28,31). The summed E-state index contributed by atoms with van der Waals surface area (Å²) in [5.41, 5.74) is 0.847. The third-order valence-electron chi connectivity index (χ3n) is 5.89. The van der Waals surface area contributed by atoms with Gasteiger partial charge < -0.3 is 15.5 Å². The molecule has 1 aliphatic carbocycles. The minimum atomic E-state index is -0.711. The molecule has 2 amide bonds. The summed E-state index contributed by atoms with van der Waals surface area (Å²) in [5, 5.41) is 15.4. The molecule has 0 bridgehead atoms. The van der Waals surface area contributed by atoms with Crippen molar-refractivity contribution in [2.24, 2.45) is 0 Å². The van der Waals surface area contributed by atoms with Crippen LogP contribution in [0.15, 0.2) is 48.5 Å². The summed E-state index contributed by atoms with van der Waals surface area (Å²) in [6, 6.07) is 15.4. The van der Waals surface area contributed by atoms with Gasteiger partial charge in [-0.15, -0.1) is 0 Å². The Morgan fingerprint density at radius 2 is 1.77 bits per heavy atom. The maximum Gasteiger partial charge on any atom is 0.251 e. The van der Waals surface area contributed by atoms with E-state index in [-0.39, 0.29) is 30.7 Å². The predicted molar refractivity (Wildman–Crippen MR) is 117 cm³/mol. The van der Waals surface area contributed by atoms with Gasteiger partial charge in [0.05, 0.1) is 12.6 Å². The molecule has 0 aromatic heterocycles. The highest BCUT2D eigenvalue weighted by atomic mass is 19.1. The number of nitrogens with zero attached hydrogens (tertiary/aromatic N) is 2.